The Morgan fingerprint density at radius 2 is 2.28 bits per heavy atom. The highest BCUT2D eigenvalue weighted by Crippen LogP contribution is 2.28. The molecule has 0 fully saturated rings. The Bertz CT molecular complexity index is 419. The number of amides is 1. The molecule has 0 radical (unpaired) electrons. The molecular formula is C14H21N3O. The fourth-order valence-electron chi connectivity index (χ4n) is 2.62. The number of carbonyl (C=O) groups excluding carboxylic acids is 1. The number of hydrogen-bond acceptors (Lipinski definition) is 3. The Morgan fingerprint density at radius 3 is 3.00 bits per heavy atom. The molecule has 1 aromatic rings. The van der Waals surface area contributed by atoms with E-state index in [-0.39, 0.29) is 11.9 Å². The lowest BCUT2D eigenvalue weighted by Crippen LogP contribution is -2.41. The summed E-state index contributed by atoms with van der Waals surface area (Å²) in [4.78, 5) is 13.6. The summed E-state index contributed by atoms with van der Waals surface area (Å²) in [5.41, 5.74) is 8.62. The first-order chi connectivity index (χ1) is 8.76. The molecular weight excluding hydrogens is 226 g/mol. The van der Waals surface area contributed by atoms with E-state index in [0.717, 1.165) is 19.5 Å². The molecule has 0 bridgehead atoms. The molecule has 0 aliphatic carbocycles. The van der Waals surface area contributed by atoms with E-state index in [1.165, 1.54) is 11.1 Å². The minimum absolute atomic E-state index is 0.0876. The van der Waals surface area contributed by atoms with E-state index in [1.807, 2.05) is 0 Å². The van der Waals surface area contributed by atoms with Crippen LogP contribution in [0.5, 0.6) is 0 Å². The molecule has 1 atom stereocenters. The Morgan fingerprint density at radius 1 is 1.50 bits per heavy atom. The van der Waals surface area contributed by atoms with Crippen LogP contribution in [0.25, 0.3) is 0 Å². The molecule has 1 aliphatic rings. The van der Waals surface area contributed by atoms with Gasteiger partial charge in [0, 0.05) is 39.1 Å². The molecule has 18 heavy (non-hydrogen) atoms. The number of rotatable bonds is 4. The van der Waals surface area contributed by atoms with E-state index >= 15 is 0 Å². The summed E-state index contributed by atoms with van der Waals surface area (Å²) < 4.78 is 0. The third kappa shape index (κ3) is 2.71. The van der Waals surface area contributed by atoms with Crippen LogP contribution in [0.15, 0.2) is 24.3 Å². The lowest BCUT2D eigenvalue weighted by atomic mass is 9.92. The maximum atomic E-state index is 11.3. The van der Waals surface area contributed by atoms with Gasteiger partial charge in [0.15, 0.2) is 0 Å². The quantitative estimate of drug-likeness (QED) is 0.822. The van der Waals surface area contributed by atoms with Gasteiger partial charge < -0.3 is 11.1 Å². The molecule has 98 valence electrons. The second-order valence-electron chi connectivity index (χ2n) is 4.66. The smallest absolute Gasteiger partial charge is 0.221 e. The van der Waals surface area contributed by atoms with Gasteiger partial charge >= 0.3 is 0 Å². The van der Waals surface area contributed by atoms with Gasteiger partial charge in [0.2, 0.25) is 5.91 Å². The molecule has 3 N–H and O–H groups in total. The van der Waals surface area contributed by atoms with Crippen LogP contribution in [0.1, 0.15) is 23.6 Å². The van der Waals surface area contributed by atoms with Crippen molar-refractivity contribution >= 4 is 5.91 Å². The van der Waals surface area contributed by atoms with Gasteiger partial charge in [-0.3, -0.25) is 9.69 Å². The molecule has 0 saturated heterocycles. The summed E-state index contributed by atoms with van der Waals surface area (Å²) in [7, 11) is 1.67. The van der Waals surface area contributed by atoms with Crippen molar-refractivity contribution in [1.29, 1.82) is 0 Å². The summed E-state index contributed by atoms with van der Waals surface area (Å²) in [5.74, 6) is 0.0876. The Hall–Kier alpha value is -1.39. The molecule has 1 unspecified atom stereocenters. The van der Waals surface area contributed by atoms with Gasteiger partial charge in [0.1, 0.15) is 0 Å². The molecule has 1 aliphatic heterocycles. The fourth-order valence-corrected chi connectivity index (χ4v) is 2.62. The predicted molar refractivity (Wildman–Crippen MR) is 72.2 cm³/mol. The number of benzene rings is 1. The van der Waals surface area contributed by atoms with E-state index in [2.05, 4.69) is 34.5 Å². The highest BCUT2D eigenvalue weighted by atomic mass is 16.1. The Kier molecular flexibility index (Phi) is 4.33. The SMILES string of the molecule is CNC(=O)CCN1CCc2ccccc2C1CN. The molecule has 1 aromatic carbocycles. The van der Waals surface area contributed by atoms with Crippen molar-refractivity contribution < 1.29 is 4.79 Å². The second-order valence-corrected chi connectivity index (χ2v) is 4.66. The van der Waals surface area contributed by atoms with Crippen LogP contribution in [0, 0.1) is 0 Å². The van der Waals surface area contributed by atoms with Gasteiger partial charge in [-0.05, 0) is 17.5 Å². The van der Waals surface area contributed by atoms with E-state index in [9.17, 15) is 4.79 Å². The first-order valence-corrected chi connectivity index (χ1v) is 6.48. The molecule has 1 amide bonds. The van der Waals surface area contributed by atoms with Crippen molar-refractivity contribution in [3.63, 3.8) is 0 Å². The number of nitrogens with zero attached hydrogens (tertiary/aromatic N) is 1. The van der Waals surface area contributed by atoms with Crippen LogP contribution in [0.3, 0.4) is 0 Å². The molecule has 2 rings (SSSR count). The van der Waals surface area contributed by atoms with Gasteiger partial charge in [0.05, 0.1) is 0 Å². The molecule has 1 heterocycles. The summed E-state index contributed by atoms with van der Waals surface area (Å²) in [6.45, 7) is 2.36. The van der Waals surface area contributed by atoms with E-state index in [1.54, 1.807) is 7.05 Å². The van der Waals surface area contributed by atoms with Crippen molar-refractivity contribution in [3.8, 4) is 0 Å². The number of carbonyl (C=O) groups is 1. The number of fused-ring (bicyclic) bond motifs is 1. The van der Waals surface area contributed by atoms with Crippen molar-refractivity contribution in [1.82, 2.24) is 10.2 Å². The standard InChI is InChI=1S/C14H21N3O/c1-16-14(18)7-9-17-8-6-11-4-2-3-5-12(11)13(17)10-15/h2-5,13H,6-10,15H2,1H3,(H,16,18). The topological polar surface area (TPSA) is 58.4 Å². The third-order valence-corrected chi connectivity index (χ3v) is 3.65. The summed E-state index contributed by atoms with van der Waals surface area (Å²) in [5, 5.41) is 2.66. The monoisotopic (exact) mass is 247 g/mol. The van der Waals surface area contributed by atoms with Crippen LogP contribution in [0.2, 0.25) is 0 Å². The van der Waals surface area contributed by atoms with Crippen LogP contribution in [-0.2, 0) is 11.2 Å². The maximum Gasteiger partial charge on any atom is 0.221 e. The Labute approximate surface area is 108 Å². The zero-order valence-electron chi connectivity index (χ0n) is 10.9. The van der Waals surface area contributed by atoms with Crippen LogP contribution in [-0.4, -0.2) is 37.5 Å². The molecule has 0 spiro atoms. The maximum absolute atomic E-state index is 11.3. The predicted octanol–water partition coefficient (Wildman–Crippen LogP) is 0.681. The van der Waals surface area contributed by atoms with E-state index < -0.39 is 0 Å². The van der Waals surface area contributed by atoms with Crippen LogP contribution in [0.4, 0.5) is 0 Å². The highest BCUT2D eigenvalue weighted by molar-refractivity contribution is 5.75. The minimum atomic E-state index is 0.0876. The van der Waals surface area contributed by atoms with Crippen molar-refractivity contribution in [3.05, 3.63) is 35.4 Å². The summed E-state index contributed by atoms with van der Waals surface area (Å²) in [6, 6.07) is 8.71. The fraction of sp³-hybridized carbons (Fsp3) is 0.500. The first-order valence-electron chi connectivity index (χ1n) is 6.48. The van der Waals surface area contributed by atoms with Gasteiger partial charge in [-0.1, -0.05) is 24.3 Å². The van der Waals surface area contributed by atoms with Crippen molar-refractivity contribution in [2.75, 3.05) is 26.7 Å². The minimum Gasteiger partial charge on any atom is -0.359 e. The highest BCUT2D eigenvalue weighted by Gasteiger charge is 2.25. The van der Waals surface area contributed by atoms with E-state index in [4.69, 9.17) is 5.73 Å². The normalized spacial score (nSPS) is 19.3. The average Bonchev–Trinajstić information content (AvgIpc) is 2.43. The summed E-state index contributed by atoms with van der Waals surface area (Å²) in [6.07, 6.45) is 1.58. The first kappa shape index (κ1) is 13.1. The average molecular weight is 247 g/mol. The lowest BCUT2D eigenvalue weighted by Gasteiger charge is -2.36. The number of nitrogens with one attached hydrogen (secondary N) is 1. The van der Waals surface area contributed by atoms with Crippen LogP contribution >= 0.6 is 0 Å². The zero-order chi connectivity index (χ0) is 13.0. The lowest BCUT2D eigenvalue weighted by molar-refractivity contribution is -0.121. The second kappa shape index (κ2) is 5.98. The number of nitrogens with two attached hydrogens (primary N) is 1. The molecule has 4 nitrogen and oxygen atoms in total. The van der Waals surface area contributed by atoms with Crippen molar-refractivity contribution in [2.24, 2.45) is 5.73 Å². The van der Waals surface area contributed by atoms with E-state index in [0.29, 0.717) is 13.0 Å². The molecule has 4 heteroatoms. The largest absolute Gasteiger partial charge is 0.359 e. The van der Waals surface area contributed by atoms with Gasteiger partial charge in [-0.2, -0.15) is 0 Å². The molecule has 0 saturated carbocycles. The van der Waals surface area contributed by atoms with Crippen LogP contribution < -0.4 is 11.1 Å². The Balaban J connectivity index is 2.08. The van der Waals surface area contributed by atoms with Crippen molar-refractivity contribution in [2.45, 2.75) is 18.9 Å². The van der Waals surface area contributed by atoms with Gasteiger partial charge in [-0.25, -0.2) is 0 Å². The van der Waals surface area contributed by atoms with Gasteiger partial charge in [-0.15, -0.1) is 0 Å². The summed E-state index contributed by atoms with van der Waals surface area (Å²) >= 11 is 0. The molecule has 0 aromatic heterocycles. The third-order valence-electron chi connectivity index (χ3n) is 3.65. The number of hydrogen-bond donors (Lipinski definition) is 2. The van der Waals surface area contributed by atoms with Gasteiger partial charge in [0.25, 0.3) is 0 Å². The zero-order valence-corrected chi connectivity index (χ0v) is 10.9.